The van der Waals surface area contributed by atoms with Gasteiger partial charge in [-0.1, -0.05) is 39.5 Å². The van der Waals surface area contributed by atoms with Gasteiger partial charge < -0.3 is 9.64 Å². The van der Waals surface area contributed by atoms with Crippen LogP contribution in [0.3, 0.4) is 0 Å². The Labute approximate surface area is 141 Å². The molecule has 4 aliphatic rings. The van der Waals surface area contributed by atoms with Crippen LogP contribution in [0.25, 0.3) is 0 Å². The lowest BCUT2D eigenvalue weighted by Gasteiger charge is -2.58. The minimum Gasteiger partial charge on any atom is -0.377 e. The monoisotopic (exact) mass is 319 g/mol. The normalized spacial score (nSPS) is 44.8. The first kappa shape index (κ1) is 15.9. The van der Waals surface area contributed by atoms with Crippen molar-refractivity contribution in [2.45, 2.75) is 77.4 Å². The van der Waals surface area contributed by atoms with Crippen LogP contribution in [-0.4, -0.2) is 36.6 Å². The highest BCUT2D eigenvalue weighted by Crippen LogP contribution is 2.54. The molecule has 23 heavy (non-hydrogen) atoms. The van der Waals surface area contributed by atoms with E-state index in [1.54, 1.807) is 0 Å². The predicted octanol–water partition coefficient (Wildman–Crippen LogP) is 3.86. The first-order valence-corrected chi connectivity index (χ1v) is 9.88. The fourth-order valence-electron chi connectivity index (χ4n) is 6.61. The summed E-state index contributed by atoms with van der Waals surface area (Å²) in [6, 6.07) is 0.381. The van der Waals surface area contributed by atoms with E-state index in [2.05, 4.69) is 25.8 Å². The molecular weight excluding hydrogens is 286 g/mol. The van der Waals surface area contributed by atoms with Crippen molar-refractivity contribution in [3.8, 4) is 0 Å². The molecule has 1 aliphatic heterocycles. The Morgan fingerprint density at radius 2 is 1.78 bits per heavy atom. The van der Waals surface area contributed by atoms with E-state index in [1.807, 2.05) is 0 Å². The van der Waals surface area contributed by atoms with Gasteiger partial charge in [-0.2, -0.15) is 0 Å². The fourth-order valence-corrected chi connectivity index (χ4v) is 6.61. The van der Waals surface area contributed by atoms with Crippen LogP contribution < -0.4 is 0 Å². The Morgan fingerprint density at radius 3 is 2.57 bits per heavy atom. The van der Waals surface area contributed by atoms with Crippen LogP contribution in [0.4, 0.5) is 0 Å². The zero-order valence-electron chi connectivity index (χ0n) is 15.1. The maximum atomic E-state index is 13.2. The molecule has 4 rings (SSSR count). The summed E-state index contributed by atoms with van der Waals surface area (Å²) in [5.41, 5.74) is 0.119. The highest BCUT2D eigenvalue weighted by molar-refractivity contribution is 5.79. The van der Waals surface area contributed by atoms with Gasteiger partial charge in [-0.15, -0.1) is 0 Å². The Bertz CT molecular complexity index is 474. The van der Waals surface area contributed by atoms with Gasteiger partial charge in [-0.3, -0.25) is 4.79 Å². The molecule has 4 fully saturated rings. The molecule has 0 aromatic heterocycles. The summed E-state index contributed by atoms with van der Waals surface area (Å²) in [7, 11) is 2.07. The highest BCUT2D eigenvalue weighted by atomic mass is 16.5. The van der Waals surface area contributed by atoms with Crippen molar-refractivity contribution in [2.75, 3.05) is 13.7 Å². The van der Waals surface area contributed by atoms with E-state index >= 15 is 0 Å². The minimum absolute atomic E-state index is 0.119. The molecule has 3 aliphatic carbocycles. The maximum absolute atomic E-state index is 13.2. The van der Waals surface area contributed by atoms with E-state index in [1.165, 1.54) is 32.1 Å². The summed E-state index contributed by atoms with van der Waals surface area (Å²) in [6.45, 7) is 5.45. The van der Waals surface area contributed by atoms with Crippen molar-refractivity contribution in [1.29, 1.82) is 0 Å². The van der Waals surface area contributed by atoms with E-state index in [0.29, 0.717) is 24.0 Å². The molecule has 3 nitrogen and oxygen atoms in total. The molecule has 0 bridgehead atoms. The third-order valence-electron chi connectivity index (χ3n) is 7.69. The minimum atomic E-state index is 0.119. The third kappa shape index (κ3) is 2.45. The van der Waals surface area contributed by atoms with Gasteiger partial charge in [0.05, 0.1) is 6.10 Å². The molecule has 130 valence electrons. The van der Waals surface area contributed by atoms with Crippen molar-refractivity contribution in [3.05, 3.63) is 0 Å². The Kier molecular flexibility index (Phi) is 3.98. The second-order valence-electron chi connectivity index (χ2n) is 9.27. The van der Waals surface area contributed by atoms with Crippen LogP contribution >= 0.6 is 0 Å². The van der Waals surface area contributed by atoms with Gasteiger partial charge in [-0.25, -0.2) is 0 Å². The molecule has 0 radical (unpaired) electrons. The number of carbonyl (C=O) groups excluding carboxylic acids is 1. The molecule has 6 atom stereocenters. The molecule has 0 N–H and O–H groups in total. The number of hydrogen-bond donors (Lipinski definition) is 0. The number of hydrogen-bond acceptors (Lipinski definition) is 2. The van der Waals surface area contributed by atoms with Gasteiger partial charge in [0, 0.05) is 36.9 Å². The molecule has 1 heterocycles. The summed E-state index contributed by atoms with van der Waals surface area (Å²) >= 11 is 0. The molecule has 3 saturated carbocycles. The second kappa shape index (κ2) is 5.75. The summed E-state index contributed by atoms with van der Waals surface area (Å²) in [4.78, 5) is 15.3. The van der Waals surface area contributed by atoms with Crippen LogP contribution in [0.15, 0.2) is 0 Å². The summed E-state index contributed by atoms with van der Waals surface area (Å²) in [5.74, 6) is 3.04. The first-order valence-electron chi connectivity index (χ1n) is 9.88. The van der Waals surface area contributed by atoms with Gasteiger partial charge >= 0.3 is 0 Å². The lowest BCUT2D eigenvalue weighted by atomic mass is 9.56. The van der Waals surface area contributed by atoms with E-state index in [0.717, 1.165) is 37.7 Å². The SMILES string of the molecule is CN(C(=O)C1CCC2CCCCC2C1)C1C2CCOC2C1(C)C. The van der Waals surface area contributed by atoms with Gasteiger partial charge in [0.25, 0.3) is 0 Å². The molecule has 3 heteroatoms. The summed E-state index contributed by atoms with van der Waals surface area (Å²) in [6.07, 6.45) is 10.7. The molecular formula is C20H33NO2. The fraction of sp³-hybridized carbons (Fsp3) is 0.950. The summed E-state index contributed by atoms with van der Waals surface area (Å²) in [5, 5.41) is 0. The van der Waals surface area contributed by atoms with Crippen LogP contribution in [0, 0.1) is 29.1 Å². The van der Waals surface area contributed by atoms with Gasteiger partial charge in [0.2, 0.25) is 5.91 Å². The number of ether oxygens (including phenoxy) is 1. The Hall–Kier alpha value is -0.570. The molecule has 0 aromatic rings. The average Bonchev–Trinajstić information content (AvgIpc) is 3.00. The Balaban J connectivity index is 1.42. The van der Waals surface area contributed by atoms with Crippen LogP contribution in [-0.2, 0) is 9.53 Å². The molecule has 1 amide bonds. The molecule has 1 saturated heterocycles. The quantitative estimate of drug-likeness (QED) is 0.773. The van der Waals surface area contributed by atoms with Crippen LogP contribution in [0.5, 0.6) is 0 Å². The van der Waals surface area contributed by atoms with E-state index in [4.69, 9.17) is 4.74 Å². The maximum Gasteiger partial charge on any atom is 0.225 e. The lowest BCUT2D eigenvalue weighted by Crippen LogP contribution is -2.67. The number of amides is 1. The molecule has 0 aromatic carbocycles. The van der Waals surface area contributed by atoms with E-state index < -0.39 is 0 Å². The van der Waals surface area contributed by atoms with Crippen molar-refractivity contribution in [3.63, 3.8) is 0 Å². The van der Waals surface area contributed by atoms with Gasteiger partial charge in [0.15, 0.2) is 0 Å². The molecule has 6 unspecified atom stereocenters. The molecule has 0 spiro atoms. The third-order valence-corrected chi connectivity index (χ3v) is 7.69. The van der Waals surface area contributed by atoms with Crippen molar-refractivity contribution < 1.29 is 9.53 Å². The van der Waals surface area contributed by atoms with Crippen LogP contribution in [0.2, 0.25) is 0 Å². The smallest absolute Gasteiger partial charge is 0.225 e. The average molecular weight is 319 g/mol. The largest absolute Gasteiger partial charge is 0.377 e. The van der Waals surface area contributed by atoms with Gasteiger partial charge in [0.1, 0.15) is 0 Å². The zero-order chi connectivity index (χ0) is 16.2. The number of rotatable bonds is 2. The lowest BCUT2D eigenvalue weighted by molar-refractivity contribution is -0.171. The second-order valence-corrected chi connectivity index (χ2v) is 9.27. The number of nitrogens with zero attached hydrogens (tertiary/aromatic N) is 1. The van der Waals surface area contributed by atoms with Crippen LogP contribution in [0.1, 0.15) is 65.2 Å². The van der Waals surface area contributed by atoms with Crippen molar-refractivity contribution >= 4 is 5.91 Å². The van der Waals surface area contributed by atoms with E-state index in [9.17, 15) is 4.79 Å². The highest BCUT2D eigenvalue weighted by Gasteiger charge is 2.61. The predicted molar refractivity (Wildman–Crippen MR) is 91.0 cm³/mol. The van der Waals surface area contributed by atoms with E-state index in [-0.39, 0.29) is 11.3 Å². The van der Waals surface area contributed by atoms with Gasteiger partial charge in [-0.05, 0) is 37.5 Å². The number of carbonyl (C=O) groups is 1. The zero-order valence-corrected chi connectivity index (χ0v) is 15.1. The first-order chi connectivity index (χ1) is 11.0. The van der Waals surface area contributed by atoms with Crippen molar-refractivity contribution in [2.24, 2.45) is 29.1 Å². The number of fused-ring (bicyclic) bond motifs is 2. The van der Waals surface area contributed by atoms with Crippen molar-refractivity contribution in [1.82, 2.24) is 4.90 Å². The Morgan fingerprint density at radius 1 is 1.04 bits per heavy atom. The summed E-state index contributed by atoms with van der Waals surface area (Å²) < 4.78 is 5.91. The standard InChI is InChI=1S/C20H33NO2/c1-20(2)17(16-10-11-23-18(16)20)21(3)19(22)15-9-8-13-6-4-5-7-14(13)12-15/h13-18H,4-12H2,1-3H3. The topological polar surface area (TPSA) is 29.5 Å².